The van der Waals surface area contributed by atoms with Crippen molar-refractivity contribution >= 4 is 5.91 Å². The Balaban J connectivity index is 2.72. The fourth-order valence-corrected chi connectivity index (χ4v) is 1.98. The van der Waals surface area contributed by atoms with Gasteiger partial charge in [0.2, 0.25) is 0 Å². The lowest BCUT2D eigenvalue weighted by atomic mass is 10.1. The van der Waals surface area contributed by atoms with Gasteiger partial charge in [-0.25, -0.2) is 0 Å². The van der Waals surface area contributed by atoms with Crippen molar-refractivity contribution in [3.05, 3.63) is 48.0 Å². The van der Waals surface area contributed by atoms with Gasteiger partial charge >= 0.3 is 0 Å². The Morgan fingerprint density at radius 2 is 2.10 bits per heavy atom. The number of hydrogen-bond acceptors (Lipinski definition) is 2. The van der Waals surface area contributed by atoms with Crippen molar-refractivity contribution in [2.75, 3.05) is 26.8 Å². The third kappa shape index (κ3) is 5.85. The zero-order chi connectivity index (χ0) is 15.5. The van der Waals surface area contributed by atoms with Gasteiger partial charge in [-0.05, 0) is 30.5 Å². The second kappa shape index (κ2) is 9.79. The number of hydrogen-bond donors (Lipinski definition) is 0. The molecule has 112 valence electrons. The molecule has 0 aliphatic carbocycles. The van der Waals surface area contributed by atoms with Gasteiger partial charge in [-0.1, -0.05) is 18.2 Å². The van der Waals surface area contributed by atoms with Gasteiger partial charge in [0, 0.05) is 32.2 Å². The summed E-state index contributed by atoms with van der Waals surface area (Å²) in [5.74, 6) is 2.57. The highest BCUT2D eigenvalue weighted by atomic mass is 16.5. The van der Waals surface area contributed by atoms with Gasteiger partial charge in [-0.2, -0.15) is 0 Å². The molecule has 1 rings (SSSR count). The molecule has 3 nitrogen and oxygen atoms in total. The Hall–Kier alpha value is -2.05. The first kappa shape index (κ1) is 17.0. The summed E-state index contributed by atoms with van der Waals surface area (Å²) < 4.78 is 5.05. The first-order valence-corrected chi connectivity index (χ1v) is 7.14. The molecule has 0 aromatic heterocycles. The highest BCUT2D eigenvalue weighted by molar-refractivity contribution is 5.94. The zero-order valence-electron chi connectivity index (χ0n) is 12.7. The monoisotopic (exact) mass is 285 g/mol. The topological polar surface area (TPSA) is 29.5 Å². The van der Waals surface area contributed by atoms with Crippen LogP contribution in [-0.4, -0.2) is 37.6 Å². The molecule has 1 aromatic carbocycles. The number of benzene rings is 1. The molecule has 0 saturated heterocycles. The number of rotatable bonds is 9. The molecule has 1 amide bonds. The van der Waals surface area contributed by atoms with Crippen LogP contribution in [0.25, 0.3) is 0 Å². The van der Waals surface area contributed by atoms with Crippen molar-refractivity contribution < 1.29 is 9.53 Å². The average Bonchev–Trinajstić information content (AvgIpc) is 2.53. The van der Waals surface area contributed by atoms with Crippen LogP contribution in [-0.2, 0) is 11.2 Å². The first-order valence-electron chi connectivity index (χ1n) is 7.14. The first-order chi connectivity index (χ1) is 10.2. The van der Waals surface area contributed by atoms with Crippen molar-refractivity contribution in [1.29, 1.82) is 0 Å². The van der Waals surface area contributed by atoms with Gasteiger partial charge in [-0.15, -0.1) is 18.9 Å². The number of terminal acetylenes is 1. The second-order valence-corrected chi connectivity index (χ2v) is 4.76. The minimum absolute atomic E-state index is 0.00225. The van der Waals surface area contributed by atoms with E-state index in [9.17, 15) is 4.79 Å². The Morgan fingerprint density at radius 3 is 2.67 bits per heavy atom. The second-order valence-electron chi connectivity index (χ2n) is 4.76. The number of amides is 1. The quantitative estimate of drug-likeness (QED) is 0.516. The van der Waals surface area contributed by atoms with E-state index in [0.717, 1.165) is 12.8 Å². The Bertz CT molecular complexity index is 485. The number of carbonyl (C=O) groups is 1. The number of nitrogens with zero attached hydrogens (tertiary/aromatic N) is 1. The predicted octanol–water partition coefficient (Wildman–Crippen LogP) is 2.92. The SMILES string of the molecule is C#CCCN(CCOC)C(=O)c1ccc(CCC=C)cc1. The summed E-state index contributed by atoms with van der Waals surface area (Å²) in [5, 5.41) is 0. The van der Waals surface area contributed by atoms with Gasteiger partial charge < -0.3 is 9.64 Å². The van der Waals surface area contributed by atoms with E-state index in [0.29, 0.717) is 31.7 Å². The van der Waals surface area contributed by atoms with Crippen LogP contribution in [0.2, 0.25) is 0 Å². The number of methoxy groups -OCH3 is 1. The average molecular weight is 285 g/mol. The molecule has 1 aromatic rings. The normalized spacial score (nSPS) is 9.90. The lowest BCUT2D eigenvalue weighted by Gasteiger charge is -2.21. The maximum Gasteiger partial charge on any atom is 0.253 e. The largest absolute Gasteiger partial charge is 0.383 e. The fraction of sp³-hybridized carbons (Fsp3) is 0.389. The van der Waals surface area contributed by atoms with E-state index in [4.69, 9.17) is 11.2 Å². The molecule has 0 atom stereocenters. The van der Waals surface area contributed by atoms with Gasteiger partial charge in [0.25, 0.3) is 5.91 Å². The molecule has 0 fully saturated rings. The maximum atomic E-state index is 12.5. The number of allylic oxidation sites excluding steroid dienone is 1. The minimum Gasteiger partial charge on any atom is -0.383 e. The summed E-state index contributed by atoms with van der Waals surface area (Å²) >= 11 is 0. The zero-order valence-corrected chi connectivity index (χ0v) is 12.7. The standard InChI is InChI=1S/C18H23NO2/c1-4-6-8-16-9-11-17(12-10-16)18(20)19(13-7-5-2)14-15-21-3/h2,4,9-12H,1,6-8,13-15H2,3H3. The van der Waals surface area contributed by atoms with Crippen LogP contribution in [0.4, 0.5) is 0 Å². The van der Waals surface area contributed by atoms with Crippen molar-refractivity contribution in [3.8, 4) is 12.3 Å². The van der Waals surface area contributed by atoms with Crippen molar-refractivity contribution in [1.82, 2.24) is 4.90 Å². The summed E-state index contributed by atoms with van der Waals surface area (Å²) in [5.41, 5.74) is 1.89. The van der Waals surface area contributed by atoms with Crippen LogP contribution in [0.5, 0.6) is 0 Å². The summed E-state index contributed by atoms with van der Waals surface area (Å²) in [6, 6.07) is 7.73. The Kier molecular flexibility index (Phi) is 7.93. The van der Waals surface area contributed by atoms with E-state index in [-0.39, 0.29) is 5.91 Å². The van der Waals surface area contributed by atoms with Crippen LogP contribution >= 0.6 is 0 Å². The molecule has 0 saturated carbocycles. The van der Waals surface area contributed by atoms with Crippen LogP contribution in [0, 0.1) is 12.3 Å². The van der Waals surface area contributed by atoms with E-state index >= 15 is 0 Å². The fourth-order valence-electron chi connectivity index (χ4n) is 1.98. The summed E-state index contributed by atoms with van der Waals surface area (Å²) in [6.07, 6.45) is 9.61. The smallest absolute Gasteiger partial charge is 0.253 e. The molecule has 3 heteroatoms. The number of carbonyl (C=O) groups excluding carboxylic acids is 1. The maximum absolute atomic E-state index is 12.5. The molecular weight excluding hydrogens is 262 g/mol. The van der Waals surface area contributed by atoms with E-state index in [2.05, 4.69) is 12.5 Å². The van der Waals surface area contributed by atoms with Crippen molar-refractivity contribution in [3.63, 3.8) is 0 Å². The highest BCUT2D eigenvalue weighted by Gasteiger charge is 2.14. The third-order valence-electron chi connectivity index (χ3n) is 3.22. The molecule has 0 unspecified atom stereocenters. The number of ether oxygens (including phenoxy) is 1. The minimum atomic E-state index is -0.00225. The van der Waals surface area contributed by atoms with Gasteiger partial charge in [0.15, 0.2) is 0 Å². The summed E-state index contributed by atoms with van der Waals surface area (Å²) in [7, 11) is 1.62. The number of aryl methyl sites for hydroxylation is 1. The van der Waals surface area contributed by atoms with Crippen LogP contribution in [0.3, 0.4) is 0 Å². The lowest BCUT2D eigenvalue weighted by molar-refractivity contribution is 0.0700. The molecule has 0 heterocycles. The molecule has 0 aliphatic rings. The highest BCUT2D eigenvalue weighted by Crippen LogP contribution is 2.10. The van der Waals surface area contributed by atoms with Gasteiger partial charge in [0.1, 0.15) is 0 Å². The molecular formula is C18H23NO2. The predicted molar refractivity (Wildman–Crippen MR) is 86.2 cm³/mol. The molecule has 0 N–H and O–H groups in total. The lowest BCUT2D eigenvalue weighted by Crippen LogP contribution is -2.34. The van der Waals surface area contributed by atoms with Crippen LogP contribution < -0.4 is 0 Å². The third-order valence-corrected chi connectivity index (χ3v) is 3.22. The van der Waals surface area contributed by atoms with Crippen molar-refractivity contribution in [2.45, 2.75) is 19.3 Å². The summed E-state index contributed by atoms with van der Waals surface area (Å²) in [4.78, 5) is 14.2. The molecule has 0 spiro atoms. The Labute approximate surface area is 127 Å². The van der Waals surface area contributed by atoms with E-state index in [1.807, 2.05) is 30.3 Å². The van der Waals surface area contributed by atoms with E-state index in [1.54, 1.807) is 12.0 Å². The Morgan fingerprint density at radius 1 is 1.38 bits per heavy atom. The van der Waals surface area contributed by atoms with E-state index < -0.39 is 0 Å². The molecule has 0 aliphatic heterocycles. The van der Waals surface area contributed by atoms with Gasteiger partial charge in [0.05, 0.1) is 6.61 Å². The molecule has 21 heavy (non-hydrogen) atoms. The molecule has 0 bridgehead atoms. The van der Waals surface area contributed by atoms with Crippen LogP contribution in [0.15, 0.2) is 36.9 Å². The molecule has 0 radical (unpaired) electrons. The van der Waals surface area contributed by atoms with E-state index in [1.165, 1.54) is 5.56 Å². The summed E-state index contributed by atoms with van der Waals surface area (Å²) in [6.45, 7) is 5.32. The van der Waals surface area contributed by atoms with Crippen molar-refractivity contribution in [2.24, 2.45) is 0 Å². The van der Waals surface area contributed by atoms with Gasteiger partial charge in [-0.3, -0.25) is 4.79 Å². The van der Waals surface area contributed by atoms with Crippen LogP contribution in [0.1, 0.15) is 28.8 Å².